The fourth-order valence-electron chi connectivity index (χ4n) is 5.90. The largest absolute Gasteiger partial charge is 0.0622 e. The molecule has 0 fully saturated rings. The zero-order valence-corrected chi connectivity index (χ0v) is 24.5. The highest BCUT2D eigenvalue weighted by Crippen LogP contribution is 2.51. The first-order valence-corrected chi connectivity index (χ1v) is 14.4. The second kappa shape index (κ2) is 9.79. The molecule has 0 aliphatic heterocycles. The Morgan fingerprint density at radius 1 is 0.325 bits per heavy atom. The van der Waals surface area contributed by atoms with Crippen LogP contribution in [0.3, 0.4) is 0 Å². The fourth-order valence-corrected chi connectivity index (χ4v) is 5.90. The monoisotopic (exact) mass is 518 g/mol. The van der Waals surface area contributed by atoms with Gasteiger partial charge < -0.3 is 0 Å². The molecule has 198 valence electrons. The van der Waals surface area contributed by atoms with Gasteiger partial charge in [0.1, 0.15) is 0 Å². The van der Waals surface area contributed by atoms with Crippen molar-refractivity contribution in [2.45, 2.75) is 52.4 Å². The summed E-state index contributed by atoms with van der Waals surface area (Å²) in [6.07, 6.45) is 0. The zero-order valence-electron chi connectivity index (χ0n) is 24.5. The highest BCUT2D eigenvalue weighted by atomic mass is 14.3. The van der Waals surface area contributed by atoms with Crippen LogP contribution in [0.15, 0.2) is 121 Å². The molecule has 0 heterocycles. The number of benzene rings is 2. The smallest absolute Gasteiger partial charge is 0.00264 e. The van der Waals surface area contributed by atoms with Crippen molar-refractivity contribution < 1.29 is 0 Å². The highest BCUT2D eigenvalue weighted by molar-refractivity contribution is 6.07. The lowest BCUT2D eigenvalue weighted by molar-refractivity contribution is 0.590. The molecular formula is C40H38. The summed E-state index contributed by atoms with van der Waals surface area (Å²) in [5.74, 6) is 0. The Labute approximate surface area is 240 Å². The summed E-state index contributed by atoms with van der Waals surface area (Å²) in [5, 5.41) is 0. The average Bonchev–Trinajstić information content (AvgIpc) is 3.24. The van der Waals surface area contributed by atoms with E-state index in [0.29, 0.717) is 0 Å². The molecule has 0 atom stereocenters. The molecule has 40 heavy (non-hydrogen) atoms. The van der Waals surface area contributed by atoms with Gasteiger partial charge in [0.15, 0.2) is 0 Å². The molecule has 0 N–H and O–H groups in total. The molecule has 6 rings (SSSR count). The third kappa shape index (κ3) is 4.73. The molecule has 0 bridgehead atoms. The van der Waals surface area contributed by atoms with E-state index in [2.05, 4.69) is 163 Å². The van der Waals surface area contributed by atoms with E-state index in [1.807, 2.05) is 0 Å². The maximum absolute atomic E-state index is 2.39. The number of hydrogen-bond acceptors (Lipinski definition) is 0. The van der Waals surface area contributed by atoms with Gasteiger partial charge in [-0.2, -0.15) is 0 Å². The van der Waals surface area contributed by atoms with E-state index in [9.17, 15) is 0 Å². The summed E-state index contributed by atoms with van der Waals surface area (Å²) in [7, 11) is 0. The maximum Gasteiger partial charge on any atom is -0.00264 e. The van der Waals surface area contributed by atoms with E-state index in [0.717, 1.165) is 0 Å². The standard InChI is InChI=1S/C40H38/c1-39(2,3)31-21-17-27(18-22-31)37-33-15-11-7-9-13-29(33)25-35(37)36-26-30-14-10-8-12-16-34(30)38(36)28-19-23-32(24-20-28)40(4,5)6/h7-26H,1-6H3. The lowest BCUT2D eigenvalue weighted by Gasteiger charge is -2.20. The molecule has 2 aromatic carbocycles. The Bertz CT molecular complexity index is 1590. The molecule has 2 aromatic rings. The first-order chi connectivity index (χ1) is 19.1. The molecule has 4 aliphatic rings. The van der Waals surface area contributed by atoms with Crippen molar-refractivity contribution in [1.82, 2.24) is 0 Å². The quantitative estimate of drug-likeness (QED) is 0.218. The number of hydrogen-bond donors (Lipinski definition) is 0. The van der Waals surface area contributed by atoms with Crippen LogP contribution in [0, 0.1) is 0 Å². The van der Waals surface area contributed by atoms with Crippen LogP contribution < -0.4 is 0 Å². The van der Waals surface area contributed by atoms with Gasteiger partial charge in [-0.3, -0.25) is 0 Å². The Kier molecular flexibility index (Phi) is 6.38. The molecule has 0 nitrogen and oxygen atoms in total. The lowest BCUT2D eigenvalue weighted by atomic mass is 9.85. The van der Waals surface area contributed by atoms with Crippen molar-refractivity contribution in [2.75, 3.05) is 0 Å². The number of rotatable bonds is 3. The zero-order chi connectivity index (χ0) is 28.1. The van der Waals surface area contributed by atoms with Crippen LogP contribution in [0.25, 0.3) is 55.6 Å². The van der Waals surface area contributed by atoms with Crippen LogP contribution in [-0.4, -0.2) is 0 Å². The van der Waals surface area contributed by atoms with Gasteiger partial charge in [0.05, 0.1) is 0 Å². The minimum Gasteiger partial charge on any atom is -0.0622 e. The van der Waals surface area contributed by atoms with Crippen molar-refractivity contribution in [3.05, 3.63) is 132 Å². The molecule has 4 aliphatic carbocycles. The summed E-state index contributed by atoms with van der Waals surface area (Å²) in [5.41, 5.74) is 15.7. The fraction of sp³-hybridized carbons (Fsp3) is 0.200. The van der Waals surface area contributed by atoms with Crippen LogP contribution >= 0.6 is 0 Å². The van der Waals surface area contributed by atoms with Gasteiger partial charge in [0, 0.05) is 0 Å². The predicted molar refractivity (Wildman–Crippen MR) is 173 cm³/mol. The van der Waals surface area contributed by atoms with Gasteiger partial charge in [-0.15, -0.1) is 0 Å². The molecule has 0 amide bonds. The van der Waals surface area contributed by atoms with Crippen molar-refractivity contribution >= 4 is 0 Å². The lowest BCUT2D eigenvalue weighted by Crippen LogP contribution is -2.10. The first-order valence-electron chi connectivity index (χ1n) is 14.4. The van der Waals surface area contributed by atoms with Crippen LogP contribution in [0.1, 0.15) is 52.7 Å². The Hall–Kier alpha value is -4.16. The summed E-state index contributed by atoms with van der Waals surface area (Å²) in [6.45, 7) is 13.7. The highest BCUT2D eigenvalue weighted by Gasteiger charge is 2.25. The summed E-state index contributed by atoms with van der Waals surface area (Å²) in [6, 6.07) is 45.1. The summed E-state index contributed by atoms with van der Waals surface area (Å²) in [4.78, 5) is 0. The summed E-state index contributed by atoms with van der Waals surface area (Å²) < 4.78 is 0. The number of fused-ring (bicyclic) bond motifs is 2. The van der Waals surface area contributed by atoms with Crippen molar-refractivity contribution in [3.8, 4) is 55.6 Å². The predicted octanol–water partition coefficient (Wildman–Crippen LogP) is 11.5. The van der Waals surface area contributed by atoms with E-state index in [1.165, 1.54) is 66.8 Å². The minimum atomic E-state index is 0.118. The Morgan fingerprint density at radius 2 is 0.675 bits per heavy atom. The van der Waals surface area contributed by atoms with E-state index >= 15 is 0 Å². The third-order valence-corrected chi connectivity index (χ3v) is 8.19. The SMILES string of the molecule is CC(C)(C)c1ccc(-c2c3cccccc-3cc2-c2cc3cccccc-3c2-c2ccc(C(C)(C)C)cc2)cc1. The van der Waals surface area contributed by atoms with Crippen LogP contribution in [0.5, 0.6) is 0 Å². The second-order valence-corrected chi connectivity index (χ2v) is 13.1. The van der Waals surface area contributed by atoms with Gasteiger partial charge in [0.2, 0.25) is 0 Å². The second-order valence-electron chi connectivity index (χ2n) is 13.1. The molecule has 0 radical (unpaired) electrons. The third-order valence-electron chi connectivity index (χ3n) is 8.19. The maximum atomic E-state index is 2.39. The van der Waals surface area contributed by atoms with Gasteiger partial charge in [-0.25, -0.2) is 0 Å². The summed E-state index contributed by atoms with van der Waals surface area (Å²) >= 11 is 0. The van der Waals surface area contributed by atoms with Gasteiger partial charge >= 0.3 is 0 Å². The topological polar surface area (TPSA) is 0 Å². The van der Waals surface area contributed by atoms with Crippen LogP contribution in [0.2, 0.25) is 0 Å². The molecule has 0 unspecified atom stereocenters. The van der Waals surface area contributed by atoms with E-state index in [1.54, 1.807) is 0 Å². The van der Waals surface area contributed by atoms with E-state index < -0.39 is 0 Å². The molecule has 0 saturated carbocycles. The molecule has 0 spiro atoms. The van der Waals surface area contributed by atoms with Crippen LogP contribution in [0.4, 0.5) is 0 Å². The average molecular weight is 519 g/mol. The van der Waals surface area contributed by atoms with Crippen molar-refractivity contribution in [1.29, 1.82) is 0 Å². The van der Waals surface area contributed by atoms with E-state index in [4.69, 9.17) is 0 Å². The molecule has 0 heteroatoms. The Morgan fingerprint density at radius 3 is 1.02 bits per heavy atom. The minimum absolute atomic E-state index is 0.118. The first kappa shape index (κ1) is 26.1. The van der Waals surface area contributed by atoms with E-state index in [-0.39, 0.29) is 10.8 Å². The normalized spacial score (nSPS) is 12.2. The van der Waals surface area contributed by atoms with Crippen molar-refractivity contribution in [2.24, 2.45) is 0 Å². The molecular weight excluding hydrogens is 480 g/mol. The Balaban J connectivity index is 1.64. The molecule has 0 aromatic heterocycles. The van der Waals surface area contributed by atoms with Crippen LogP contribution in [-0.2, 0) is 10.8 Å². The van der Waals surface area contributed by atoms with Gasteiger partial charge in [-0.1, -0.05) is 151 Å². The molecule has 0 saturated heterocycles. The van der Waals surface area contributed by atoms with Gasteiger partial charge in [-0.05, 0) is 89.7 Å². The van der Waals surface area contributed by atoms with Gasteiger partial charge in [0.25, 0.3) is 0 Å². The van der Waals surface area contributed by atoms with Crippen molar-refractivity contribution in [3.63, 3.8) is 0 Å².